The summed E-state index contributed by atoms with van der Waals surface area (Å²) in [5.74, 6) is -0.624. The van der Waals surface area contributed by atoms with E-state index < -0.39 is 5.97 Å². The molecule has 3 aromatic rings. The molecule has 4 heteroatoms. The van der Waals surface area contributed by atoms with Gasteiger partial charge in [-0.05, 0) is 31.2 Å². The first-order valence-corrected chi connectivity index (χ1v) is 6.39. The highest BCUT2D eigenvalue weighted by atomic mass is 16.5. The van der Waals surface area contributed by atoms with Gasteiger partial charge in [0.25, 0.3) is 0 Å². The Morgan fingerprint density at radius 2 is 2.00 bits per heavy atom. The highest BCUT2D eigenvalue weighted by molar-refractivity contribution is 6.08. The van der Waals surface area contributed by atoms with Crippen LogP contribution in [-0.2, 0) is 0 Å². The van der Waals surface area contributed by atoms with Crippen LogP contribution < -0.4 is 4.74 Å². The van der Waals surface area contributed by atoms with E-state index in [9.17, 15) is 9.90 Å². The van der Waals surface area contributed by atoms with Crippen molar-refractivity contribution >= 4 is 27.8 Å². The van der Waals surface area contributed by atoms with E-state index in [1.165, 1.54) is 0 Å². The molecule has 0 fully saturated rings. The van der Waals surface area contributed by atoms with Crippen LogP contribution in [0.3, 0.4) is 0 Å². The van der Waals surface area contributed by atoms with Crippen LogP contribution in [0.25, 0.3) is 21.8 Å². The Morgan fingerprint density at radius 3 is 2.75 bits per heavy atom. The number of hydrogen-bond acceptors (Lipinski definition) is 3. The molecule has 20 heavy (non-hydrogen) atoms. The van der Waals surface area contributed by atoms with Gasteiger partial charge in [-0.2, -0.15) is 0 Å². The van der Waals surface area contributed by atoms with E-state index in [2.05, 4.69) is 4.98 Å². The Balaban J connectivity index is 2.39. The number of aromatic carboxylic acids is 1. The van der Waals surface area contributed by atoms with Crippen molar-refractivity contribution in [2.75, 3.05) is 6.61 Å². The van der Waals surface area contributed by atoms with Crippen molar-refractivity contribution in [1.82, 2.24) is 4.98 Å². The normalized spacial score (nSPS) is 10.8. The molecule has 0 bridgehead atoms. The molecule has 0 spiro atoms. The van der Waals surface area contributed by atoms with Gasteiger partial charge in [-0.1, -0.05) is 18.2 Å². The average molecular weight is 267 g/mol. The van der Waals surface area contributed by atoms with E-state index in [1.54, 1.807) is 12.1 Å². The van der Waals surface area contributed by atoms with Gasteiger partial charge in [0.1, 0.15) is 11.3 Å². The average Bonchev–Trinajstić information content (AvgIpc) is 2.45. The van der Waals surface area contributed by atoms with Crippen LogP contribution >= 0.6 is 0 Å². The number of fused-ring (bicyclic) bond motifs is 2. The van der Waals surface area contributed by atoms with Gasteiger partial charge in [-0.25, -0.2) is 9.78 Å². The second-order valence-electron chi connectivity index (χ2n) is 4.42. The van der Waals surface area contributed by atoms with E-state index in [0.717, 1.165) is 10.9 Å². The second kappa shape index (κ2) is 4.81. The predicted octanol–water partition coefficient (Wildman–Crippen LogP) is 3.48. The Kier molecular flexibility index (Phi) is 2.99. The molecule has 1 aromatic heterocycles. The zero-order valence-electron chi connectivity index (χ0n) is 11.0. The summed E-state index contributed by atoms with van der Waals surface area (Å²) in [6.07, 6.45) is 0. The Labute approximate surface area is 115 Å². The number of carbonyl (C=O) groups is 1. The predicted molar refractivity (Wildman–Crippen MR) is 77.4 cm³/mol. The molecule has 4 nitrogen and oxygen atoms in total. The van der Waals surface area contributed by atoms with Gasteiger partial charge < -0.3 is 9.84 Å². The molecule has 0 saturated carbocycles. The molecule has 100 valence electrons. The summed E-state index contributed by atoms with van der Waals surface area (Å²) in [5.41, 5.74) is 1.67. The number of para-hydroxylation sites is 1. The van der Waals surface area contributed by atoms with Crippen LogP contribution in [-0.4, -0.2) is 22.7 Å². The summed E-state index contributed by atoms with van der Waals surface area (Å²) < 4.78 is 5.41. The van der Waals surface area contributed by atoms with Crippen LogP contribution in [0.1, 0.15) is 17.3 Å². The second-order valence-corrected chi connectivity index (χ2v) is 4.42. The molecule has 0 radical (unpaired) electrons. The van der Waals surface area contributed by atoms with Gasteiger partial charge in [0.15, 0.2) is 0 Å². The number of carboxylic acids is 1. The van der Waals surface area contributed by atoms with Crippen LogP contribution in [0.15, 0.2) is 42.5 Å². The maximum Gasteiger partial charge on any atom is 0.340 e. The molecule has 1 heterocycles. The molecule has 1 N–H and O–H groups in total. The SMILES string of the molecule is CCOc1ccc2nc3ccccc3cc2c1C(=O)O. The summed E-state index contributed by atoms with van der Waals surface area (Å²) in [4.78, 5) is 16.0. The van der Waals surface area contributed by atoms with Gasteiger partial charge in [0, 0.05) is 10.8 Å². The molecule has 0 amide bonds. The number of ether oxygens (including phenoxy) is 1. The molecule has 0 atom stereocenters. The smallest absolute Gasteiger partial charge is 0.340 e. The van der Waals surface area contributed by atoms with Crippen molar-refractivity contribution in [3.8, 4) is 5.75 Å². The van der Waals surface area contributed by atoms with Crippen LogP contribution in [0.5, 0.6) is 5.75 Å². The lowest BCUT2D eigenvalue weighted by molar-refractivity contribution is 0.0695. The first-order valence-electron chi connectivity index (χ1n) is 6.39. The number of carboxylic acid groups (broad SMARTS) is 1. The standard InChI is InChI=1S/C16H13NO3/c1-2-20-14-8-7-13-11(15(14)16(18)19)9-10-5-3-4-6-12(10)17-13/h3-9H,2H2,1H3,(H,18,19). The van der Waals surface area contributed by atoms with Crippen LogP contribution in [0.4, 0.5) is 0 Å². The molecule has 3 rings (SSSR count). The van der Waals surface area contributed by atoms with Crippen molar-refractivity contribution in [2.45, 2.75) is 6.92 Å². The summed E-state index contributed by atoms with van der Waals surface area (Å²) in [5, 5.41) is 11.0. The van der Waals surface area contributed by atoms with Crippen molar-refractivity contribution < 1.29 is 14.6 Å². The van der Waals surface area contributed by atoms with Crippen LogP contribution in [0, 0.1) is 0 Å². The fourth-order valence-electron chi connectivity index (χ4n) is 2.33. The molecule has 0 unspecified atom stereocenters. The number of rotatable bonds is 3. The first-order chi connectivity index (χ1) is 9.70. The number of hydrogen-bond donors (Lipinski definition) is 1. The van der Waals surface area contributed by atoms with Crippen molar-refractivity contribution in [2.24, 2.45) is 0 Å². The van der Waals surface area contributed by atoms with Gasteiger partial charge in [-0.3, -0.25) is 0 Å². The Morgan fingerprint density at radius 1 is 1.20 bits per heavy atom. The maximum absolute atomic E-state index is 11.5. The monoisotopic (exact) mass is 267 g/mol. The zero-order valence-corrected chi connectivity index (χ0v) is 11.0. The molecule has 0 aliphatic rings. The third kappa shape index (κ3) is 1.95. The lowest BCUT2D eigenvalue weighted by Crippen LogP contribution is -2.04. The van der Waals surface area contributed by atoms with Gasteiger partial charge in [0.05, 0.1) is 17.6 Å². The summed E-state index contributed by atoms with van der Waals surface area (Å²) >= 11 is 0. The summed E-state index contributed by atoms with van der Waals surface area (Å²) in [6.45, 7) is 2.25. The third-order valence-corrected chi connectivity index (χ3v) is 3.18. The van der Waals surface area contributed by atoms with E-state index in [-0.39, 0.29) is 5.56 Å². The highest BCUT2D eigenvalue weighted by Gasteiger charge is 2.16. The number of nitrogens with zero attached hydrogens (tertiary/aromatic N) is 1. The van der Waals surface area contributed by atoms with Crippen molar-refractivity contribution in [1.29, 1.82) is 0 Å². The summed E-state index contributed by atoms with van der Waals surface area (Å²) in [6, 6.07) is 12.9. The zero-order chi connectivity index (χ0) is 14.1. The molecule has 0 aliphatic heterocycles. The molecule has 0 aliphatic carbocycles. The Bertz CT molecular complexity index is 811. The lowest BCUT2D eigenvalue weighted by Gasteiger charge is -2.10. The van der Waals surface area contributed by atoms with Crippen LogP contribution in [0.2, 0.25) is 0 Å². The molecular formula is C16H13NO3. The fourth-order valence-corrected chi connectivity index (χ4v) is 2.33. The van der Waals surface area contributed by atoms with Gasteiger partial charge in [-0.15, -0.1) is 0 Å². The minimum absolute atomic E-state index is 0.169. The van der Waals surface area contributed by atoms with E-state index >= 15 is 0 Å². The topological polar surface area (TPSA) is 59.4 Å². The number of aromatic nitrogens is 1. The number of pyridine rings is 1. The molecule has 2 aromatic carbocycles. The van der Waals surface area contributed by atoms with Gasteiger partial charge in [0.2, 0.25) is 0 Å². The van der Waals surface area contributed by atoms with Crippen molar-refractivity contribution in [3.63, 3.8) is 0 Å². The minimum atomic E-state index is -1.00. The van der Waals surface area contributed by atoms with Gasteiger partial charge >= 0.3 is 5.97 Å². The first kappa shape index (κ1) is 12.4. The molecule has 0 saturated heterocycles. The largest absolute Gasteiger partial charge is 0.493 e. The van der Waals surface area contributed by atoms with E-state index in [0.29, 0.717) is 23.3 Å². The maximum atomic E-state index is 11.5. The number of benzene rings is 2. The lowest BCUT2D eigenvalue weighted by atomic mass is 10.0. The quantitative estimate of drug-likeness (QED) is 0.738. The fraction of sp³-hybridized carbons (Fsp3) is 0.125. The Hall–Kier alpha value is -2.62. The van der Waals surface area contributed by atoms with E-state index in [4.69, 9.17) is 4.74 Å². The third-order valence-electron chi connectivity index (χ3n) is 3.18. The van der Waals surface area contributed by atoms with E-state index in [1.807, 2.05) is 37.3 Å². The highest BCUT2D eigenvalue weighted by Crippen LogP contribution is 2.29. The minimum Gasteiger partial charge on any atom is -0.493 e. The van der Waals surface area contributed by atoms with Crippen molar-refractivity contribution in [3.05, 3.63) is 48.0 Å². The summed E-state index contributed by atoms with van der Waals surface area (Å²) in [7, 11) is 0. The molecular weight excluding hydrogens is 254 g/mol.